The van der Waals surface area contributed by atoms with Crippen LogP contribution in [0.5, 0.6) is 0 Å². The zero-order valence-electron chi connectivity index (χ0n) is 9.97. The molecule has 104 valence electrons. The van der Waals surface area contributed by atoms with Gasteiger partial charge in [0.2, 0.25) is 5.91 Å². The van der Waals surface area contributed by atoms with Crippen molar-refractivity contribution < 1.29 is 9.59 Å². The van der Waals surface area contributed by atoms with Crippen molar-refractivity contribution in [2.24, 2.45) is 5.73 Å². The average molecular weight is 325 g/mol. The first-order valence-electron chi connectivity index (χ1n) is 5.23. The van der Waals surface area contributed by atoms with Gasteiger partial charge in [-0.05, 0) is 24.6 Å². The van der Waals surface area contributed by atoms with E-state index in [1.807, 2.05) is 6.92 Å². The topological polar surface area (TPSA) is 84.2 Å². The Morgan fingerprint density at radius 1 is 1.21 bits per heavy atom. The van der Waals surface area contributed by atoms with E-state index in [1.54, 1.807) is 18.2 Å². The number of rotatable bonds is 3. The molecule has 0 aliphatic carbocycles. The minimum absolute atomic E-state index is 0.175. The van der Waals surface area contributed by atoms with Crippen LogP contribution in [0.3, 0.4) is 0 Å². The van der Waals surface area contributed by atoms with Crippen LogP contribution < -0.4 is 16.4 Å². The maximum Gasteiger partial charge on any atom is 0.276 e. The van der Waals surface area contributed by atoms with E-state index >= 15 is 0 Å². The highest BCUT2D eigenvalue weighted by atomic mass is 35.6. The molecule has 0 heterocycles. The zero-order chi connectivity index (χ0) is 14.6. The number of carbonyl (C=O) groups is 2. The van der Waals surface area contributed by atoms with Gasteiger partial charge in [-0.1, -0.05) is 40.9 Å². The number of hydrogen-bond donors (Lipinski definition) is 3. The van der Waals surface area contributed by atoms with E-state index in [2.05, 4.69) is 10.6 Å². The van der Waals surface area contributed by atoms with Gasteiger partial charge in [0.15, 0.2) is 0 Å². The Morgan fingerprint density at radius 2 is 1.84 bits per heavy atom. The number of nitrogens with two attached hydrogens (primary N) is 1. The fourth-order valence-corrected chi connectivity index (χ4v) is 1.41. The number of halogens is 3. The molecule has 0 saturated heterocycles. The van der Waals surface area contributed by atoms with Gasteiger partial charge in [-0.2, -0.15) is 0 Å². The van der Waals surface area contributed by atoms with Crippen LogP contribution in [0.4, 0.5) is 11.4 Å². The molecule has 0 spiro atoms. The fourth-order valence-electron chi connectivity index (χ4n) is 1.26. The largest absolute Gasteiger partial charge is 0.323 e. The van der Waals surface area contributed by atoms with E-state index in [0.29, 0.717) is 11.4 Å². The molecule has 0 atom stereocenters. The molecule has 1 rings (SSSR count). The minimum Gasteiger partial charge on any atom is -0.323 e. The van der Waals surface area contributed by atoms with Gasteiger partial charge in [-0.15, -0.1) is 0 Å². The van der Waals surface area contributed by atoms with Crippen LogP contribution in [-0.4, -0.2) is 22.2 Å². The monoisotopic (exact) mass is 323 g/mol. The molecule has 0 aromatic heterocycles. The molecular weight excluding hydrogens is 312 g/mol. The van der Waals surface area contributed by atoms with Gasteiger partial charge >= 0.3 is 0 Å². The maximum absolute atomic E-state index is 11.6. The smallest absolute Gasteiger partial charge is 0.276 e. The first kappa shape index (κ1) is 16.0. The Balaban J connectivity index is 3.00. The number of nitrogens with one attached hydrogen (secondary N) is 2. The van der Waals surface area contributed by atoms with Crippen molar-refractivity contribution in [2.45, 2.75) is 10.7 Å². The molecule has 4 N–H and O–H groups in total. The van der Waals surface area contributed by atoms with Gasteiger partial charge in [-0.25, -0.2) is 0 Å². The summed E-state index contributed by atoms with van der Waals surface area (Å²) in [5.41, 5.74) is 6.81. The average Bonchev–Trinajstić information content (AvgIpc) is 2.31. The predicted octanol–water partition coefficient (Wildman–Crippen LogP) is 2.20. The second-order valence-corrected chi connectivity index (χ2v) is 6.03. The van der Waals surface area contributed by atoms with Gasteiger partial charge < -0.3 is 16.4 Å². The maximum atomic E-state index is 11.6. The van der Waals surface area contributed by atoms with Crippen molar-refractivity contribution in [3.8, 4) is 0 Å². The van der Waals surface area contributed by atoms with E-state index in [0.717, 1.165) is 5.56 Å². The van der Waals surface area contributed by atoms with Crippen molar-refractivity contribution in [1.29, 1.82) is 0 Å². The summed E-state index contributed by atoms with van der Waals surface area (Å²) in [7, 11) is 0. The van der Waals surface area contributed by atoms with Crippen molar-refractivity contribution >= 4 is 58.0 Å². The van der Waals surface area contributed by atoms with E-state index < -0.39 is 15.6 Å². The number of aryl methyl sites for hydroxylation is 1. The highest BCUT2D eigenvalue weighted by Crippen LogP contribution is 2.30. The van der Waals surface area contributed by atoms with Gasteiger partial charge in [-0.3, -0.25) is 9.59 Å². The zero-order valence-corrected chi connectivity index (χ0v) is 12.2. The lowest BCUT2D eigenvalue weighted by molar-refractivity contribution is -0.116. The van der Waals surface area contributed by atoms with Crippen LogP contribution in [0.25, 0.3) is 0 Å². The lowest BCUT2D eigenvalue weighted by Gasteiger charge is -2.15. The summed E-state index contributed by atoms with van der Waals surface area (Å²) in [6.45, 7) is 1.66. The molecule has 0 saturated carbocycles. The van der Waals surface area contributed by atoms with Crippen LogP contribution in [0.1, 0.15) is 5.56 Å². The van der Waals surface area contributed by atoms with Gasteiger partial charge in [0.25, 0.3) is 9.70 Å². The van der Waals surface area contributed by atoms with Crippen molar-refractivity contribution in [2.75, 3.05) is 17.2 Å². The first-order valence-corrected chi connectivity index (χ1v) is 6.36. The molecule has 0 aliphatic rings. The normalized spacial score (nSPS) is 11.0. The van der Waals surface area contributed by atoms with E-state index in [-0.39, 0.29) is 6.54 Å². The Morgan fingerprint density at radius 3 is 2.37 bits per heavy atom. The van der Waals surface area contributed by atoms with E-state index in [1.165, 1.54) is 0 Å². The third kappa shape index (κ3) is 4.87. The molecular formula is C11H12Cl3N3O2. The molecule has 5 nitrogen and oxygen atoms in total. The Kier molecular flexibility index (Phi) is 5.43. The van der Waals surface area contributed by atoms with E-state index in [9.17, 15) is 9.59 Å². The number of benzene rings is 1. The van der Waals surface area contributed by atoms with Crippen LogP contribution >= 0.6 is 34.8 Å². The van der Waals surface area contributed by atoms with Crippen molar-refractivity contribution in [3.63, 3.8) is 0 Å². The number of amides is 2. The van der Waals surface area contributed by atoms with Gasteiger partial charge in [0, 0.05) is 0 Å². The van der Waals surface area contributed by atoms with Crippen LogP contribution in [0.2, 0.25) is 0 Å². The third-order valence-corrected chi connectivity index (χ3v) is 2.66. The Bertz CT molecular complexity index is 500. The lowest BCUT2D eigenvalue weighted by atomic mass is 10.2. The summed E-state index contributed by atoms with van der Waals surface area (Å²) in [4.78, 5) is 22.9. The first-order chi connectivity index (χ1) is 8.74. The summed E-state index contributed by atoms with van der Waals surface area (Å²) in [5, 5.41) is 4.97. The van der Waals surface area contributed by atoms with Crippen molar-refractivity contribution in [3.05, 3.63) is 23.8 Å². The van der Waals surface area contributed by atoms with Gasteiger partial charge in [0.05, 0.1) is 17.9 Å². The second-order valence-electron chi connectivity index (χ2n) is 3.75. The Hall–Kier alpha value is -1.01. The van der Waals surface area contributed by atoms with E-state index in [4.69, 9.17) is 40.5 Å². The lowest BCUT2D eigenvalue weighted by Crippen LogP contribution is -2.28. The van der Waals surface area contributed by atoms with Crippen LogP contribution in [0.15, 0.2) is 18.2 Å². The quantitative estimate of drug-likeness (QED) is 0.745. The third-order valence-electron chi connectivity index (χ3n) is 2.14. The molecule has 0 fully saturated rings. The molecule has 0 bridgehead atoms. The van der Waals surface area contributed by atoms with Crippen LogP contribution in [-0.2, 0) is 9.59 Å². The Labute approximate surface area is 125 Å². The second kappa shape index (κ2) is 6.43. The number of anilines is 2. The predicted molar refractivity (Wildman–Crippen MR) is 77.8 cm³/mol. The standard InChI is InChI=1S/C11H12Cl3N3O2/c1-6-2-3-7(17-10(19)11(12,13)14)8(4-6)16-9(18)5-15/h2-4H,5,15H2,1H3,(H,16,18)(H,17,19). The number of alkyl halides is 3. The van der Waals surface area contributed by atoms with Crippen molar-refractivity contribution in [1.82, 2.24) is 0 Å². The molecule has 0 unspecified atom stereocenters. The number of hydrogen-bond acceptors (Lipinski definition) is 3. The highest BCUT2D eigenvalue weighted by Gasteiger charge is 2.31. The molecule has 1 aromatic carbocycles. The summed E-state index contributed by atoms with van der Waals surface area (Å²) in [6, 6.07) is 5.00. The molecule has 2 amide bonds. The van der Waals surface area contributed by atoms with Crippen LogP contribution in [0, 0.1) is 6.92 Å². The molecule has 19 heavy (non-hydrogen) atoms. The summed E-state index contributed by atoms with van der Waals surface area (Å²) in [5.74, 6) is -1.21. The molecule has 8 heteroatoms. The summed E-state index contributed by atoms with van der Waals surface area (Å²) in [6.07, 6.45) is 0. The highest BCUT2D eigenvalue weighted by molar-refractivity contribution is 6.76. The fraction of sp³-hybridized carbons (Fsp3) is 0.273. The number of carbonyl (C=O) groups excluding carboxylic acids is 2. The molecule has 1 aromatic rings. The summed E-state index contributed by atoms with van der Waals surface area (Å²) < 4.78 is -2.08. The summed E-state index contributed by atoms with van der Waals surface area (Å²) >= 11 is 16.4. The van der Waals surface area contributed by atoms with Gasteiger partial charge in [0.1, 0.15) is 0 Å². The SMILES string of the molecule is Cc1ccc(NC(=O)C(Cl)(Cl)Cl)c(NC(=O)CN)c1. The molecule has 0 radical (unpaired) electrons. The minimum atomic E-state index is -2.08. The molecule has 0 aliphatic heterocycles.